The largest absolute Gasteiger partial charge is 0.493 e. The number of guanidine groups is 1. The maximum atomic E-state index is 12.6. The first-order chi connectivity index (χ1) is 13.7. The zero-order valence-corrected chi connectivity index (χ0v) is 16.1. The number of carbonyl (C=O) groups excluding carboxylic acids is 1. The van der Waals surface area contributed by atoms with E-state index in [1.165, 1.54) is 0 Å². The third-order valence-electron chi connectivity index (χ3n) is 4.39. The van der Waals surface area contributed by atoms with Crippen molar-refractivity contribution in [2.75, 3.05) is 32.7 Å². The number of rotatable bonds is 6. The van der Waals surface area contributed by atoms with Crippen molar-refractivity contribution < 1.29 is 19.0 Å². The summed E-state index contributed by atoms with van der Waals surface area (Å²) in [6.45, 7) is 1.24. The van der Waals surface area contributed by atoms with Crippen LogP contribution in [0, 0.1) is 0 Å². The van der Waals surface area contributed by atoms with Crippen LogP contribution in [0.1, 0.15) is 23.2 Å². The van der Waals surface area contributed by atoms with E-state index in [4.69, 9.17) is 14.2 Å². The molecule has 1 aliphatic heterocycles. The third kappa shape index (κ3) is 5.23. The molecule has 0 spiro atoms. The second-order valence-electron chi connectivity index (χ2n) is 6.34. The van der Waals surface area contributed by atoms with Gasteiger partial charge in [0.15, 0.2) is 11.5 Å². The Balaban J connectivity index is 1.77. The quantitative estimate of drug-likeness (QED) is 0.592. The van der Waals surface area contributed by atoms with Crippen LogP contribution < -0.4 is 20.1 Å². The molecule has 7 nitrogen and oxygen atoms in total. The van der Waals surface area contributed by atoms with Gasteiger partial charge in [-0.25, -0.2) is 4.99 Å². The van der Waals surface area contributed by atoms with Gasteiger partial charge < -0.3 is 19.5 Å². The van der Waals surface area contributed by atoms with Crippen molar-refractivity contribution >= 4 is 17.6 Å². The van der Waals surface area contributed by atoms with E-state index < -0.39 is 0 Å². The Kier molecular flexibility index (Phi) is 6.86. The number of hydrogen-bond acceptors (Lipinski definition) is 5. The van der Waals surface area contributed by atoms with Crippen molar-refractivity contribution in [3.63, 3.8) is 0 Å². The summed E-state index contributed by atoms with van der Waals surface area (Å²) < 4.78 is 16.2. The first-order valence-corrected chi connectivity index (χ1v) is 9.21. The van der Waals surface area contributed by atoms with Crippen LogP contribution in [-0.2, 0) is 4.74 Å². The SMILES string of the molecule is COc1ccc(NC(=NC[C@@H]2CCCO2)NC(=O)c2ccccc2)cc1OC. The number of amides is 1. The van der Waals surface area contributed by atoms with Gasteiger partial charge in [-0.15, -0.1) is 0 Å². The van der Waals surface area contributed by atoms with Crippen molar-refractivity contribution in [2.24, 2.45) is 4.99 Å². The maximum absolute atomic E-state index is 12.6. The van der Waals surface area contributed by atoms with E-state index in [1.807, 2.05) is 24.3 Å². The molecule has 1 atom stereocenters. The molecule has 0 aromatic heterocycles. The molecule has 2 aromatic rings. The highest BCUT2D eigenvalue weighted by Gasteiger charge is 2.16. The molecule has 2 aromatic carbocycles. The molecule has 7 heteroatoms. The number of nitrogens with one attached hydrogen (secondary N) is 2. The van der Waals surface area contributed by atoms with Gasteiger partial charge in [0.2, 0.25) is 5.96 Å². The predicted molar refractivity (Wildman–Crippen MR) is 108 cm³/mol. The fourth-order valence-electron chi connectivity index (χ4n) is 2.91. The smallest absolute Gasteiger partial charge is 0.257 e. The normalized spacial score (nSPS) is 16.5. The van der Waals surface area contributed by atoms with E-state index in [9.17, 15) is 4.79 Å². The molecule has 1 heterocycles. The van der Waals surface area contributed by atoms with Crippen molar-refractivity contribution in [1.29, 1.82) is 0 Å². The van der Waals surface area contributed by atoms with Crippen LogP contribution in [0.2, 0.25) is 0 Å². The first-order valence-electron chi connectivity index (χ1n) is 9.21. The molecule has 1 aliphatic rings. The molecule has 0 saturated carbocycles. The number of nitrogens with zero attached hydrogens (tertiary/aromatic N) is 1. The van der Waals surface area contributed by atoms with E-state index in [2.05, 4.69) is 15.6 Å². The number of hydrogen-bond donors (Lipinski definition) is 2. The molecule has 148 valence electrons. The lowest BCUT2D eigenvalue weighted by Gasteiger charge is -2.15. The van der Waals surface area contributed by atoms with Crippen molar-refractivity contribution in [3.05, 3.63) is 54.1 Å². The lowest BCUT2D eigenvalue weighted by molar-refractivity contribution is 0.0975. The number of aliphatic imine (C=N–C) groups is 1. The molecule has 1 saturated heterocycles. The van der Waals surface area contributed by atoms with Gasteiger partial charge >= 0.3 is 0 Å². The molecule has 0 radical (unpaired) electrons. The van der Waals surface area contributed by atoms with Crippen LogP contribution in [0.5, 0.6) is 11.5 Å². The minimum Gasteiger partial charge on any atom is -0.493 e. The zero-order valence-electron chi connectivity index (χ0n) is 16.1. The summed E-state index contributed by atoms with van der Waals surface area (Å²) in [5.74, 6) is 1.33. The molecule has 28 heavy (non-hydrogen) atoms. The summed E-state index contributed by atoms with van der Waals surface area (Å²) >= 11 is 0. The van der Waals surface area contributed by atoms with Gasteiger partial charge in [-0.3, -0.25) is 10.1 Å². The van der Waals surface area contributed by atoms with E-state index in [0.29, 0.717) is 29.6 Å². The Hall–Kier alpha value is -3.06. The fourth-order valence-corrected chi connectivity index (χ4v) is 2.91. The van der Waals surface area contributed by atoms with E-state index >= 15 is 0 Å². The van der Waals surface area contributed by atoms with Crippen molar-refractivity contribution in [2.45, 2.75) is 18.9 Å². The highest BCUT2D eigenvalue weighted by Crippen LogP contribution is 2.29. The van der Waals surface area contributed by atoms with Gasteiger partial charge in [0.1, 0.15) is 0 Å². The minimum absolute atomic E-state index is 0.0795. The summed E-state index contributed by atoms with van der Waals surface area (Å²) in [6.07, 6.45) is 2.09. The summed E-state index contributed by atoms with van der Waals surface area (Å²) in [7, 11) is 3.16. The van der Waals surface area contributed by atoms with Gasteiger partial charge in [-0.2, -0.15) is 0 Å². The average molecular weight is 383 g/mol. The lowest BCUT2D eigenvalue weighted by Crippen LogP contribution is -2.36. The Morgan fingerprint density at radius 3 is 2.61 bits per heavy atom. The minimum atomic E-state index is -0.236. The van der Waals surface area contributed by atoms with E-state index in [0.717, 1.165) is 25.1 Å². The van der Waals surface area contributed by atoms with Crippen LogP contribution in [0.15, 0.2) is 53.5 Å². The van der Waals surface area contributed by atoms with Gasteiger partial charge in [0.05, 0.1) is 26.9 Å². The van der Waals surface area contributed by atoms with E-state index in [1.54, 1.807) is 38.5 Å². The summed E-state index contributed by atoms with van der Waals surface area (Å²) in [5.41, 5.74) is 1.28. The number of benzene rings is 2. The van der Waals surface area contributed by atoms with Crippen LogP contribution >= 0.6 is 0 Å². The van der Waals surface area contributed by atoms with Gasteiger partial charge in [-0.05, 0) is 37.1 Å². The highest BCUT2D eigenvalue weighted by atomic mass is 16.5. The second-order valence-corrected chi connectivity index (χ2v) is 6.34. The van der Waals surface area contributed by atoms with E-state index in [-0.39, 0.29) is 12.0 Å². The summed E-state index contributed by atoms with van der Waals surface area (Å²) in [6, 6.07) is 14.4. The van der Waals surface area contributed by atoms with Crippen LogP contribution in [0.25, 0.3) is 0 Å². The number of methoxy groups -OCH3 is 2. The van der Waals surface area contributed by atoms with Crippen molar-refractivity contribution in [3.8, 4) is 11.5 Å². The topological polar surface area (TPSA) is 81.2 Å². The highest BCUT2D eigenvalue weighted by molar-refractivity contribution is 6.10. The Morgan fingerprint density at radius 1 is 1.14 bits per heavy atom. The van der Waals surface area contributed by atoms with Crippen molar-refractivity contribution in [1.82, 2.24) is 5.32 Å². The molecular weight excluding hydrogens is 358 g/mol. The standard InChI is InChI=1S/C21H25N3O4/c1-26-18-11-10-16(13-19(18)27-2)23-21(22-14-17-9-6-12-28-17)24-20(25)15-7-4-3-5-8-15/h3-5,7-8,10-11,13,17H,6,9,12,14H2,1-2H3,(H2,22,23,24,25)/t17-/m0/s1. The van der Waals surface area contributed by atoms with Crippen LogP contribution in [-0.4, -0.2) is 45.3 Å². The maximum Gasteiger partial charge on any atom is 0.257 e. The van der Waals surface area contributed by atoms with Crippen LogP contribution in [0.4, 0.5) is 5.69 Å². The molecule has 1 fully saturated rings. The predicted octanol–water partition coefficient (Wildman–Crippen LogP) is 3.08. The van der Waals surface area contributed by atoms with Gasteiger partial charge in [0, 0.05) is 23.9 Å². The van der Waals surface area contributed by atoms with Gasteiger partial charge in [-0.1, -0.05) is 18.2 Å². The molecule has 0 unspecified atom stereocenters. The average Bonchev–Trinajstić information content (AvgIpc) is 3.26. The Labute approximate surface area is 164 Å². The molecule has 0 aliphatic carbocycles. The Morgan fingerprint density at radius 2 is 1.93 bits per heavy atom. The molecule has 1 amide bonds. The van der Waals surface area contributed by atoms with Crippen LogP contribution in [0.3, 0.4) is 0 Å². The number of ether oxygens (including phenoxy) is 3. The Bertz CT molecular complexity index is 818. The first kappa shape index (κ1) is 19.7. The lowest BCUT2D eigenvalue weighted by atomic mass is 10.2. The summed E-state index contributed by atoms with van der Waals surface area (Å²) in [5, 5.41) is 6.00. The molecule has 2 N–H and O–H groups in total. The molecule has 0 bridgehead atoms. The molecule has 3 rings (SSSR count). The number of carbonyl (C=O) groups is 1. The summed E-state index contributed by atoms with van der Waals surface area (Å²) in [4.78, 5) is 17.1. The van der Waals surface area contributed by atoms with Gasteiger partial charge in [0.25, 0.3) is 5.91 Å². The fraction of sp³-hybridized carbons (Fsp3) is 0.333. The molecular formula is C21H25N3O4. The zero-order chi connectivity index (χ0) is 19.8. The second kappa shape index (κ2) is 9.75. The monoisotopic (exact) mass is 383 g/mol. The third-order valence-corrected chi connectivity index (χ3v) is 4.39. The number of anilines is 1.